The Morgan fingerprint density at radius 3 is 2.88 bits per heavy atom. The highest BCUT2D eigenvalue weighted by Gasteiger charge is 2.13. The van der Waals surface area contributed by atoms with Crippen LogP contribution in [0.3, 0.4) is 0 Å². The van der Waals surface area contributed by atoms with Crippen molar-refractivity contribution in [1.29, 1.82) is 0 Å². The lowest BCUT2D eigenvalue weighted by Gasteiger charge is -2.12. The third kappa shape index (κ3) is 3.65. The van der Waals surface area contributed by atoms with Crippen molar-refractivity contribution in [3.05, 3.63) is 27.1 Å². The van der Waals surface area contributed by atoms with Gasteiger partial charge in [-0.05, 0) is 22.0 Å². The number of nitrogens with one attached hydrogen (secondary N) is 1. The molecule has 1 atom stereocenters. The van der Waals surface area contributed by atoms with Crippen LogP contribution in [0.25, 0.3) is 0 Å². The number of nitrogens with two attached hydrogens (primary N) is 1. The number of hydrogen-bond acceptors (Lipinski definition) is 4. The van der Waals surface area contributed by atoms with Crippen LogP contribution < -0.4 is 16.6 Å². The van der Waals surface area contributed by atoms with Crippen LogP contribution >= 0.6 is 15.9 Å². The maximum absolute atomic E-state index is 11.6. The van der Waals surface area contributed by atoms with Crippen LogP contribution in [0.1, 0.15) is 0 Å². The van der Waals surface area contributed by atoms with Crippen molar-refractivity contribution < 1.29 is 9.53 Å². The minimum atomic E-state index is -0.740. The number of methoxy groups -OCH3 is 1. The average Bonchev–Trinajstić information content (AvgIpc) is 2.26. The predicted molar refractivity (Wildman–Crippen MR) is 67.9 cm³/mol. The molecule has 3 N–H and O–H groups in total. The molecule has 0 aliphatic carbocycles. The third-order valence-corrected chi connectivity index (χ3v) is 2.66. The van der Waals surface area contributed by atoms with Gasteiger partial charge in [0, 0.05) is 20.4 Å². The summed E-state index contributed by atoms with van der Waals surface area (Å²) in [5.74, 6) is -0.364. The number of halogens is 1. The van der Waals surface area contributed by atoms with E-state index in [-0.39, 0.29) is 18.1 Å². The molecule has 1 amide bonds. The molecule has 1 aromatic heterocycles. The first-order chi connectivity index (χ1) is 7.95. The number of rotatable bonds is 4. The SMILES string of the molecule is COCC(N)C(=O)Nc1cc(Br)c(=O)n(C)c1. The molecule has 0 aliphatic heterocycles. The highest BCUT2D eigenvalue weighted by atomic mass is 79.9. The lowest BCUT2D eigenvalue weighted by molar-refractivity contribution is -0.118. The van der Waals surface area contributed by atoms with Crippen LogP contribution in [0.2, 0.25) is 0 Å². The Labute approximate surface area is 107 Å². The number of anilines is 1. The average molecular weight is 304 g/mol. The smallest absolute Gasteiger partial charge is 0.264 e. The fourth-order valence-corrected chi connectivity index (χ4v) is 1.76. The van der Waals surface area contributed by atoms with Gasteiger partial charge in [0.1, 0.15) is 6.04 Å². The summed E-state index contributed by atoms with van der Waals surface area (Å²) in [6.45, 7) is 0.138. The highest BCUT2D eigenvalue weighted by Crippen LogP contribution is 2.11. The normalized spacial score (nSPS) is 12.2. The summed E-state index contributed by atoms with van der Waals surface area (Å²) in [7, 11) is 3.06. The van der Waals surface area contributed by atoms with E-state index in [0.29, 0.717) is 10.2 Å². The van der Waals surface area contributed by atoms with Gasteiger partial charge in [-0.1, -0.05) is 0 Å². The molecule has 0 spiro atoms. The summed E-state index contributed by atoms with van der Waals surface area (Å²) >= 11 is 3.11. The van der Waals surface area contributed by atoms with E-state index in [2.05, 4.69) is 21.2 Å². The number of amides is 1. The predicted octanol–water partition coefficient (Wildman–Crippen LogP) is 0.0600. The van der Waals surface area contributed by atoms with E-state index in [1.54, 1.807) is 7.05 Å². The molecule has 17 heavy (non-hydrogen) atoms. The maximum atomic E-state index is 11.6. The first-order valence-corrected chi connectivity index (χ1v) is 5.66. The lowest BCUT2D eigenvalue weighted by atomic mass is 10.3. The van der Waals surface area contributed by atoms with Gasteiger partial charge >= 0.3 is 0 Å². The molecule has 1 rings (SSSR count). The van der Waals surface area contributed by atoms with Crippen molar-refractivity contribution >= 4 is 27.5 Å². The summed E-state index contributed by atoms with van der Waals surface area (Å²) in [6.07, 6.45) is 1.52. The molecule has 0 saturated heterocycles. The van der Waals surface area contributed by atoms with E-state index in [4.69, 9.17) is 10.5 Å². The Bertz CT molecular complexity index is 446. The van der Waals surface area contributed by atoms with Gasteiger partial charge < -0.3 is 20.4 Å². The molecular formula is C10H14BrN3O3. The number of pyridine rings is 1. The van der Waals surface area contributed by atoms with Crippen LogP contribution in [0.4, 0.5) is 5.69 Å². The first-order valence-electron chi connectivity index (χ1n) is 4.87. The number of aromatic nitrogens is 1. The van der Waals surface area contributed by atoms with Gasteiger partial charge in [0.2, 0.25) is 5.91 Å². The molecule has 0 aromatic carbocycles. The standard InChI is InChI=1S/C10H14BrN3O3/c1-14-4-6(3-7(11)10(14)16)13-9(15)8(12)5-17-2/h3-4,8H,5,12H2,1-2H3,(H,13,15). The zero-order valence-corrected chi connectivity index (χ0v) is 11.2. The zero-order chi connectivity index (χ0) is 13.0. The molecule has 1 unspecified atom stereocenters. The van der Waals surface area contributed by atoms with Crippen LogP contribution in [-0.2, 0) is 16.6 Å². The number of ether oxygens (including phenoxy) is 1. The van der Waals surface area contributed by atoms with Gasteiger partial charge in [-0.25, -0.2) is 0 Å². The van der Waals surface area contributed by atoms with Gasteiger partial charge in [0.15, 0.2) is 0 Å². The fourth-order valence-electron chi connectivity index (χ4n) is 1.23. The van der Waals surface area contributed by atoms with Crippen LogP contribution in [0, 0.1) is 0 Å². The van der Waals surface area contributed by atoms with Crippen molar-refractivity contribution in [2.45, 2.75) is 6.04 Å². The molecule has 1 heterocycles. The van der Waals surface area contributed by atoms with Crippen molar-refractivity contribution in [2.24, 2.45) is 12.8 Å². The van der Waals surface area contributed by atoms with Crippen molar-refractivity contribution in [3.63, 3.8) is 0 Å². The number of carbonyl (C=O) groups excluding carboxylic acids is 1. The number of nitrogens with zero attached hydrogens (tertiary/aromatic N) is 1. The first kappa shape index (κ1) is 13.9. The topological polar surface area (TPSA) is 86.3 Å². The maximum Gasteiger partial charge on any atom is 0.264 e. The monoisotopic (exact) mass is 303 g/mol. The Morgan fingerprint density at radius 1 is 1.71 bits per heavy atom. The molecule has 94 valence electrons. The van der Waals surface area contributed by atoms with Gasteiger partial charge in [-0.15, -0.1) is 0 Å². The Morgan fingerprint density at radius 2 is 2.35 bits per heavy atom. The second-order valence-electron chi connectivity index (χ2n) is 3.54. The Hall–Kier alpha value is -1.18. The van der Waals surface area contributed by atoms with Crippen molar-refractivity contribution in [1.82, 2.24) is 4.57 Å². The van der Waals surface area contributed by atoms with Gasteiger partial charge in [0.05, 0.1) is 16.8 Å². The van der Waals surface area contributed by atoms with Crippen LogP contribution in [-0.4, -0.2) is 30.2 Å². The van der Waals surface area contributed by atoms with Crippen LogP contribution in [0.5, 0.6) is 0 Å². The van der Waals surface area contributed by atoms with E-state index < -0.39 is 6.04 Å². The Kier molecular flexibility index (Phi) is 4.86. The summed E-state index contributed by atoms with van der Waals surface area (Å²) < 4.78 is 6.51. The van der Waals surface area contributed by atoms with Gasteiger partial charge in [0.25, 0.3) is 5.56 Å². The molecule has 0 aliphatic rings. The highest BCUT2D eigenvalue weighted by molar-refractivity contribution is 9.10. The molecule has 0 bridgehead atoms. The lowest BCUT2D eigenvalue weighted by Crippen LogP contribution is -2.39. The van der Waals surface area contributed by atoms with Gasteiger partial charge in [-0.2, -0.15) is 0 Å². The summed E-state index contributed by atoms with van der Waals surface area (Å²) in [5, 5.41) is 2.60. The molecule has 0 fully saturated rings. The van der Waals surface area contributed by atoms with E-state index in [0.717, 1.165) is 0 Å². The van der Waals surface area contributed by atoms with Crippen LogP contribution in [0.15, 0.2) is 21.5 Å². The molecule has 6 nitrogen and oxygen atoms in total. The van der Waals surface area contributed by atoms with Crippen molar-refractivity contribution in [2.75, 3.05) is 19.0 Å². The van der Waals surface area contributed by atoms with E-state index in [9.17, 15) is 9.59 Å². The number of aryl methyl sites for hydroxylation is 1. The quantitative estimate of drug-likeness (QED) is 0.823. The third-order valence-electron chi connectivity index (χ3n) is 2.09. The minimum absolute atomic E-state index is 0.138. The summed E-state index contributed by atoms with van der Waals surface area (Å²) in [5.41, 5.74) is 5.88. The van der Waals surface area contributed by atoms with Gasteiger partial charge in [-0.3, -0.25) is 9.59 Å². The molecule has 1 aromatic rings. The molecule has 0 radical (unpaired) electrons. The molecule has 7 heteroatoms. The number of hydrogen-bond donors (Lipinski definition) is 2. The molecular weight excluding hydrogens is 290 g/mol. The summed E-state index contributed by atoms with van der Waals surface area (Å²) in [4.78, 5) is 23.0. The van der Waals surface area contributed by atoms with E-state index in [1.807, 2.05) is 0 Å². The zero-order valence-electron chi connectivity index (χ0n) is 9.57. The van der Waals surface area contributed by atoms with E-state index in [1.165, 1.54) is 23.9 Å². The second-order valence-corrected chi connectivity index (χ2v) is 4.40. The summed E-state index contributed by atoms with van der Waals surface area (Å²) in [6, 6.07) is 0.788. The number of carbonyl (C=O) groups is 1. The largest absolute Gasteiger partial charge is 0.383 e. The Balaban J connectivity index is 2.82. The van der Waals surface area contributed by atoms with Crippen molar-refractivity contribution in [3.8, 4) is 0 Å². The second kappa shape index (κ2) is 5.95. The minimum Gasteiger partial charge on any atom is -0.383 e. The molecule has 0 saturated carbocycles. The fraction of sp³-hybridized carbons (Fsp3) is 0.400. The van der Waals surface area contributed by atoms with E-state index >= 15 is 0 Å².